The van der Waals surface area contributed by atoms with Crippen LogP contribution in [-0.2, 0) is 19.6 Å². The van der Waals surface area contributed by atoms with E-state index in [9.17, 15) is 14.0 Å². The first-order valence-corrected chi connectivity index (χ1v) is 11.0. The second-order valence-corrected chi connectivity index (χ2v) is 8.45. The fourth-order valence-corrected chi connectivity index (χ4v) is 3.62. The SMILES string of the molecule is CCCCn1c(=O)[nH]c(=O)c2c1nc(CN[C@@H](C)c1ccc(F)cc1)n2CCC(C)C. The number of hydrogen-bond donors (Lipinski definition) is 2. The zero-order valence-electron chi connectivity index (χ0n) is 18.7. The average Bonchev–Trinajstić information content (AvgIpc) is 3.09. The third-order valence-electron chi connectivity index (χ3n) is 5.57. The summed E-state index contributed by atoms with van der Waals surface area (Å²) < 4.78 is 16.7. The molecule has 0 amide bonds. The van der Waals surface area contributed by atoms with Gasteiger partial charge in [0, 0.05) is 19.1 Å². The summed E-state index contributed by atoms with van der Waals surface area (Å²) in [6.07, 6.45) is 2.65. The van der Waals surface area contributed by atoms with Crippen LogP contribution < -0.4 is 16.6 Å². The Morgan fingerprint density at radius 3 is 2.45 bits per heavy atom. The van der Waals surface area contributed by atoms with Crippen molar-refractivity contribution in [3.8, 4) is 0 Å². The molecule has 2 heterocycles. The van der Waals surface area contributed by atoms with Gasteiger partial charge in [-0.3, -0.25) is 14.3 Å². The highest BCUT2D eigenvalue weighted by molar-refractivity contribution is 5.71. The van der Waals surface area contributed by atoms with Crippen LogP contribution in [0.5, 0.6) is 0 Å². The van der Waals surface area contributed by atoms with Gasteiger partial charge in [-0.05, 0) is 43.4 Å². The molecule has 0 saturated heterocycles. The van der Waals surface area contributed by atoms with E-state index in [0.717, 1.165) is 24.8 Å². The fourth-order valence-electron chi connectivity index (χ4n) is 3.62. The number of aromatic nitrogens is 4. The minimum absolute atomic E-state index is 0.0282. The number of unbranched alkanes of at least 4 members (excludes halogenated alkanes) is 1. The van der Waals surface area contributed by atoms with E-state index in [1.54, 1.807) is 16.7 Å². The van der Waals surface area contributed by atoms with E-state index in [1.807, 2.05) is 11.5 Å². The van der Waals surface area contributed by atoms with Crippen molar-refractivity contribution in [1.82, 2.24) is 24.4 Å². The summed E-state index contributed by atoms with van der Waals surface area (Å²) in [5, 5.41) is 3.41. The number of nitrogens with zero attached hydrogens (tertiary/aromatic N) is 3. The van der Waals surface area contributed by atoms with Gasteiger partial charge in [0.1, 0.15) is 11.6 Å². The monoisotopic (exact) mass is 429 g/mol. The molecule has 1 aromatic carbocycles. The van der Waals surface area contributed by atoms with Gasteiger partial charge < -0.3 is 9.88 Å². The van der Waals surface area contributed by atoms with Crippen LogP contribution in [0.2, 0.25) is 0 Å². The highest BCUT2D eigenvalue weighted by Gasteiger charge is 2.19. The largest absolute Gasteiger partial charge is 0.330 e. The first kappa shape index (κ1) is 22.9. The Morgan fingerprint density at radius 1 is 1.10 bits per heavy atom. The summed E-state index contributed by atoms with van der Waals surface area (Å²) in [5.74, 6) is 0.906. The molecule has 31 heavy (non-hydrogen) atoms. The van der Waals surface area contributed by atoms with Crippen LogP contribution in [0.1, 0.15) is 64.4 Å². The summed E-state index contributed by atoms with van der Waals surface area (Å²) in [4.78, 5) is 32.3. The zero-order valence-corrected chi connectivity index (χ0v) is 18.7. The summed E-state index contributed by atoms with van der Waals surface area (Å²) >= 11 is 0. The maximum absolute atomic E-state index is 13.2. The van der Waals surface area contributed by atoms with Crippen LogP contribution in [0.15, 0.2) is 33.9 Å². The molecule has 2 N–H and O–H groups in total. The summed E-state index contributed by atoms with van der Waals surface area (Å²) in [7, 11) is 0. The van der Waals surface area contributed by atoms with Crippen molar-refractivity contribution >= 4 is 11.2 Å². The van der Waals surface area contributed by atoms with Crippen molar-refractivity contribution in [2.45, 2.75) is 72.6 Å². The molecule has 3 aromatic rings. The lowest BCUT2D eigenvalue weighted by Crippen LogP contribution is -2.31. The first-order valence-electron chi connectivity index (χ1n) is 11.0. The standard InChI is InChI=1S/C23H32FN5O2/c1-5-6-12-29-21-20(22(30)27-23(29)31)28(13-11-15(2)3)19(26-21)14-25-16(4)17-7-9-18(24)10-8-17/h7-10,15-16,25H,5-6,11-14H2,1-4H3,(H,27,30,31)/t16-/m0/s1. The van der Waals surface area contributed by atoms with E-state index in [4.69, 9.17) is 4.98 Å². The van der Waals surface area contributed by atoms with Crippen molar-refractivity contribution in [3.63, 3.8) is 0 Å². The van der Waals surface area contributed by atoms with Crippen molar-refractivity contribution in [2.75, 3.05) is 0 Å². The van der Waals surface area contributed by atoms with Crippen LogP contribution in [0.4, 0.5) is 4.39 Å². The van der Waals surface area contributed by atoms with E-state index in [0.29, 0.717) is 42.5 Å². The zero-order chi connectivity index (χ0) is 22.5. The maximum atomic E-state index is 13.2. The molecule has 0 aliphatic carbocycles. The second-order valence-electron chi connectivity index (χ2n) is 8.45. The van der Waals surface area contributed by atoms with Gasteiger partial charge in [0.25, 0.3) is 5.56 Å². The number of H-pyrrole nitrogens is 1. The van der Waals surface area contributed by atoms with E-state index in [1.165, 1.54) is 12.1 Å². The Morgan fingerprint density at radius 2 is 1.81 bits per heavy atom. The number of imidazole rings is 1. The lowest BCUT2D eigenvalue weighted by molar-refractivity contribution is 0.491. The first-order chi connectivity index (χ1) is 14.8. The smallest absolute Gasteiger partial charge is 0.321 e. The molecule has 0 bridgehead atoms. The predicted octanol–water partition coefficient (Wildman–Crippen LogP) is 3.72. The molecule has 7 nitrogen and oxygen atoms in total. The number of aromatic amines is 1. The van der Waals surface area contributed by atoms with E-state index in [-0.39, 0.29) is 11.9 Å². The van der Waals surface area contributed by atoms with Crippen LogP contribution >= 0.6 is 0 Å². The number of nitrogens with one attached hydrogen (secondary N) is 2. The van der Waals surface area contributed by atoms with Gasteiger partial charge in [-0.15, -0.1) is 0 Å². The fraction of sp³-hybridized carbons (Fsp3) is 0.522. The molecule has 168 valence electrons. The molecule has 3 rings (SSSR count). The number of hydrogen-bond acceptors (Lipinski definition) is 4. The van der Waals surface area contributed by atoms with Crippen molar-refractivity contribution in [2.24, 2.45) is 5.92 Å². The third-order valence-corrected chi connectivity index (χ3v) is 5.57. The van der Waals surface area contributed by atoms with Crippen molar-refractivity contribution in [3.05, 3.63) is 62.3 Å². The average molecular weight is 430 g/mol. The normalized spacial score (nSPS) is 12.7. The molecular formula is C23H32FN5O2. The number of fused-ring (bicyclic) bond motifs is 1. The molecule has 8 heteroatoms. The summed E-state index contributed by atoms with van der Waals surface area (Å²) in [5.41, 5.74) is 1.03. The quantitative estimate of drug-likeness (QED) is 0.514. The molecule has 2 aromatic heterocycles. The Kier molecular flexibility index (Phi) is 7.43. The predicted molar refractivity (Wildman–Crippen MR) is 121 cm³/mol. The molecule has 0 saturated carbocycles. The summed E-state index contributed by atoms with van der Waals surface area (Å²) in [6, 6.07) is 6.36. The van der Waals surface area contributed by atoms with Gasteiger partial charge in [-0.25, -0.2) is 14.2 Å². The van der Waals surface area contributed by atoms with Gasteiger partial charge in [-0.2, -0.15) is 0 Å². The van der Waals surface area contributed by atoms with Crippen LogP contribution in [0.25, 0.3) is 11.2 Å². The lowest BCUT2D eigenvalue weighted by atomic mass is 10.1. The molecule has 0 radical (unpaired) electrons. The lowest BCUT2D eigenvalue weighted by Gasteiger charge is -2.15. The van der Waals surface area contributed by atoms with Gasteiger partial charge in [0.2, 0.25) is 0 Å². The van der Waals surface area contributed by atoms with Gasteiger partial charge in [0.15, 0.2) is 11.2 Å². The van der Waals surface area contributed by atoms with E-state index < -0.39 is 11.2 Å². The number of aryl methyl sites for hydroxylation is 2. The van der Waals surface area contributed by atoms with Crippen LogP contribution in [-0.4, -0.2) is 19.1 Å². The van der Waals surface area contributed by atoms with Crippen molar-refractivity contribution < 1.29 is 4.39 Å². The maximum Gasteiger partial charge on any atom is 0.330 e. The van der Waals surface area contributed by atoms with Crippen molar-refractivity contribution in [1.29, 1.82) is 0 Å². The van der Waals surface area contributed by atoms with E-state index in [2.05, 4.69) is 31.1 Å². The molecule has 0 unspecified atom stereocenters. The highest BCUT2D eigenvalue weighted by Crippen LogP contribution is 2.17. The Hall–Kier alpha value is -2.74. The molecule has 0 fully saturated rings. The minimum Gasteiger partial charge on any atom is -0.321 e. The number of rotatable bonds is 10. The molecule has 0 spiro atoms. The Balaban J connectivity index is 1.98. The number of benzene rings is 1. The van der Waals surface area contributed by atoms with E-state index >= 15 is 0 Å². The van der Waals surface area contributed by atoms with Crippen LogP contribution in [0.3, 0.4) is 0 Å². The topological polar surface area (TPSA) is 84.7 Å². The molecule has 0 aliphatic heterocycles. The second kappa shape index (κ2) is 10.0. The Labute approximate surface area is 181 Å². The highest BCUT2D eigenvalue weighted by atomic mass is 19.1. The van der Waals surface area contributed by atoms with Gasteiger partial charge >= 0.3 is 5.69 Å². The Bertz CT molecular complexity index is 1130. The molecular weight excluding hydrogens is 397 g/mol. The number of halogens is 1. The molecule has 0 aliphatic rings. The third kappa shape index (κ3) is 5.31. The van der Waals surface area contributed by atoms with Gasteiger partial charge in [0.05, 0.1) is 6.54 Å². The van der Waals surface area contributed by atoms with Crippen LogP contribution in [0, 0.1) is 11.7 Å². The van der Waals surface area contributed by atoms with Gasteiger partial charge in [-0.1, -0.05) is 39.3 Å². The molecule has 1 atom stereocenters. The summed E-state index contributed by atoms with van der Waals surface area (Å²) in [6.45, 7) is 9.91. The minimum atomic E-state index is -0.418.